The van der Waals surface area contributed by atoms with Gasteiger partial charge in [-0.1, -0.05) is 29.8 Å². The van der Waals surface area contributed by atoms with Crippen molar-refractivity contribution in [1.29, 1.82) is 0 Å². The molecular weight excluding hydrogens is 382 g/mol. The molecule has 156 valence electrons. The van der Waals surface area contributed by atoms with Gasteiger partial charge in [0.25, 0.3) is 5.91 Å². The Morgan fingerprint density at radius 3 is 2.40 bits per heavy atom. The van der Waals surface area contributed by atoms with Crippen molar-refractivity contribution in [2.24, 2.45) is 0 Å². The summed E-state index contributed by atoms with van der Waals surface area (Å²) in [5.41, 5.74) is 2.67. The molecule has 0 aliphatic carbocycles. The first kappa shape index (κ1) is 21.1. The van der Waals surface area contributed by atoms with Crippen LogP contribution in [-0.2, 0) is 11.2 Å². The minimum Gasteiger partial charge on any atom is -0.497 e. The van der Waals surface area contributed by atoms with E-state index in [1.807, 2.05) is 31.2 Å². The zero-order valence-corrected chi connectivity index (χ0v) is 17.1. The fraction of sp³-hybridized carbons (Fsp3) is 0.261. The zero-order valence-electron chi connectivity index (χ0n) is 17.1. The number of hydrogen-bond donors (Lipinski definition) is 2. The van der Waals surface area contributed by atoms with Gasteiger partial charge in [0, 0.05) is 37.1 Å². The second kappa shape index (κ2) is 10.2. The summed E-state index contributed by atoms with van der Waals surface area (Å²) in [5, 5.41) is 5.55. The highest BCUT2D eigenvalue weighted by molar-refractivity contribution is 5.94. The maximum atomic E-state index is 12.1. The van der Waals surface area contributed by atoms with E-state index in [2.05, 4.69) is 15.6 Å². The molecule has 0 aliphatic rings. The Balaban J connectivity index is 1.36. The topological polar surface area (TPSA) is 93.5 Å². The molecular formula is C23H25N3O4. The van der Waals surface area contributed by atoms with Crippen molar-refractivity contribution in [1.82, 2.24) is 15.6 Å². The smallest absolute Gasteiger partial charge is 0.251 e. The molecule has 0 saturated heterocycles. The molecule has 1 heterocycles. The van der Waals surface area contributed by atoms with Crippen LogP contribution < -0.4 is 15.4 Å². The van der Waals surface area contributed by atoms with E-state index < -0.39 is 0 Å². The number of methoxy groups -OCH3 is 1. The number of carbonyl (C=O) groups excluding carboxylic acids is 2. The Labute approximate surface area is 175 Å². The summed E-state index contributed by atoms with van der Waals surface area (Å²) in [5.74, 6) is 1.58. The molecule has 0 unspecified atom stereocenters. The van der Waals surface area contributed by atoms with Crippen LogP contribution in [0.3, 0.4) is 0 Å². The quantitative estimate of drug-likeness (QED) is 0.532. The third-order valence-electron chi connectivity index (χ3n) is 4.54. The maximum absolute atomic E-state index is 12.1. The molecule has 7 nitrogen and oxygen atoms in total. The molecule has 0 saturated carbocycles. The van der Waals surface area contributed by atoms with Crippen LogP contribution in [0.5, 0.6) is 5.75 Å². The Kier molecular flexibility index (Phi) is 7.21. The van der Waals surface area contributed by atoms with Crippen LogP contribution in [0.2, 0.25) is 0 Å². The number of rotatable bonds is 9. The lowest BCUT2D eigenvalue weighted by Gasteiger charge is -2.07. The third-order valence-corrected chi connectivity index (χ3v) is 4.54. The first-order valence-corrected chi connectivity index (χ1v) is 9.76. The van der Waals surface area contributed by atoms with Gasteiger partial charge in [-0.25, -0.2) is 4.98 Å². The molecule has 0 radical (unpaired) electrons. The summed E-state index contributed by atoms with van der Waals surface area (Å²) >= 11 is 0. The summed E-state index contributed by atoms with van der Waals surface area (Å²) < 4.78 is 10.8. The minimum atomic E-state index is -0.199. The summed E-state index contributed by atoms with van der Waals surface area (Å²) in [6.07, 6.45) is 2.35. The van der Waals surface area contributed by atoms with Crippen LogP contribution in [0.4, 0.5) is 0 Å². The molecule has 0 atom stereocenters. The molecule has 30 heavy (non-hydrogen) atoms. The molecule has 0 aliphatic heterocycles. The molecule has 0 fully saturated rings. The number of oxazole rings is 1. The lowest BCUT2D eigenvalue weighted by atomic mass is 10.1. The highest BCUT2D eigenvalue weighted by atomic mass is 16.5. The van der Waals surface area contributed by atoms with E-state index in [9.17, 15) is 9.59 Å². The van der Waals surface area contributed by atoms with E-state index in [1.54, 1.807) is 37.6 Å². The van der Waals surface area contributed by atoms with Crippen molar-refractivity contribution >= 4 is 11.8 Å². The van der Waals surface area contributed by atoms with Crippen molar-refractivity contribution in [2.45, 2.75) is 19.8 Å². The fourth-order valence-electron chi connectivity index (χ4n) is 2.81. The van der Waals surface area contributed by atoms with Crippen LogP contribution in [0, 0.1) is 6.92 Å². The van der Waals surface area contributed by atoms with Crippen molar-refractivity contribution in [3.05, 3.63) is 71.7 Å². The van der Waals surface area contributed by atoms with Gasteiger partial charge in [0.15, 0.2) is 11.7 Å². The molecule has 0 spiro atoms. The van der Waals surface area contributed by atoms with Gasteiger partial charge in [0.1, 0.15) is 5.75 Å². The predicted octanol–water partition coefficient (Wildman–Crippen LogP) is 3.14. The number of aryl methyl sites for hydroxylation is 2. The highest BCUT2D eigenvalue weighted by Gasteiger charge is 2.09. The molecule has 2 aromatic carbocycles. The zero-order chi connectivity index (χ0) is 21.3. The number of carbonyl (C=O) groups is 2. The Hall–Kier alpha value is -3.61. The van der Waals surface area contributed by atoms with Crippen LogP contribution >= 0.6 is 0 Å². The molecule has 7 heteroatoms. The van der Waals surface area contributed by atoms with Gasteiger partial charge < -0.3 is 19.8 Å². The second-order valence-electron chi connectivity index (χ2n) is 6.82. The lowest BCUT2D eigenvalue weighted by molar-refractivity contribution is -0.121. The van der Waals surface area contributed by atoms with Crippen molar-refractivity contribution in [3.8, 4) is 17.1 Å². The molecule has 2 amide bonds. The summed E-state index contributed by atoms with van der Waals surface area (Å²) in [4.78, 5) is 28.3. The second-order valence-corrected chi connectivity index (χ2v) is 6.82. The molecule has 1 aromatic heterocycles. The van der Waals surface area contributed by atoms with E-state index in [1.165, 1.54) is 5.56 Å². The normalized spacial score (nSPS) is 10.5. The van der Waals surface area contributed by atoms with E-state index in [0.717, 1.165) is 5.56 Å². The number of benzene rings is 2. The number of ether oxygens (including phenoxy) is 1. The van der Waals surface area contributed by atoms with E-state index in [-0.39, 0.29) is 18.2 Å². The van der Waals surface area contributed by atoms with Gasteiger partial charge in [0.05, 0.1) is 13.3 Å². The Bertz CT molecular complexity index is 978. The van der Waals surface area contributed by atoms with Crippen LogP contribution in [0.15, 0.2) is 59.1 Å². The number of nitrogens with zero attached hydrogens (tertiary/aromatic N) is 1. The van der Waals surface area contributed by atoms with Crippen LogP contribution in [-0.4, -0.2) is 37.0 Å². The maximum Gasteiger partial charge on any atom is 0.251 e. The monoisotopic (exact) mass is 407 g/mol. The van der Waals surface area contributed by atoms with Crippen molar-refractivity contribution in [3.63, 3.8) is 0 Å². The van der Waals surface area contributed by atoms with Gasteiger partial charge in [-0.3, -0.25) is 9.59 Å². The van der Waals surface area contributed by atoms with Crippen LogP contribution in [0.1, 0.15) is 28.2 Å². The first-order chi connectivity index (χ1) is 14.5. The first-order valence-electron chi connectivity index (χ1n) is 9.76. The highest BCUT2D eigenvalue weighted by Crippen LogP contribution is 2.21. The number of nitrogens with one attached hydrogen (secondary N) is 2. The minimum absolute atomic E-state index is 0.121. The Morgan fingerprint density at radius 1 is 1.00 bits per heavy atom. The summed E-state index contributed by atoms with van der Waals surface area (Å²) in [6.45, 7) is 2.72. The third kappa shape index (κ3) is 5.94. The van der Waals surface area contributed by atoms with Crippen molar-refractivity contribution < 1.29 is 18.7 Å². The lowest BCUT2D eigenvalue weighted by Crippen LogP contribution is -2.34. The van der Waals surface area contributed by atoms with E-state index in [0.29, 0.717) is 42.5 Å². The van der Waals surface area contributed by atoms with Crippen molar-refractivity contribution in [2.75, 3.05) is 20.2 Å². The van der Waals surface area contributed by atoms with Gasteiger partial charge >= 0.3 is 0 Å². The Morgan fingerprint density at radius 2 is 1.70 bits per heavy atom. The average Bonchev–Trinajstić information content (AvgIpc) is 3.25. The largest absolute Gasteiger partial charge is 0.497 e. The van der Waals surface area contributed by atoms with Gasteiger partial charge in [-0.15, -0.1) is 0 Å². The molecule has 3 aromatic rings. The van der Waals surface area contributed by atoms with E-state index >= 15 is 0 Å². The van der Waals surface area contributed by atoms with E-state index in [4.69, 9.17) is 9.15 Å². The SMILES string of the molecule is COc1ccc(C(=O)NCCNC(=O)CCc2ncc(-c3ccc(C)cc3)o2)cc1. The van der Waals surface area contributed by atoms with Crippen LogP contribution in [0.25, 0.3) is 11.3 Å². The number of hydrogen-bond acceptors (Lipinski definition) is 5. The summed E-state index contributed by atoms with van der Waals surface area (Å²) in [6, 6.07) is 14.8. The van der Waals surface area contributed by atoms with Gasteiger partial charge in [0.2, 0.25) is 5.91 Å². The standard InChI is InChI=1S/C23H25N3O4/c1-16-3-5-17(6-4-16)20-15-26-22(30-20)12-11-21(27)24-13-14-25-23(28)18-7-9-19(29-2)10-8-18/h3-10,15H,11-14H2,1-2H3,(H,24,27)(H,25,28). The molecule has 0 bridgehead atoms. The molecule has 3 rings (SSSR count). The fourth-order valence-corrected chi connectivity index (χ4v) is 2.81. The number of amides is 2. The number of aromatic nitrogens is 1. The predicted molar refractivity (Wildman–Crippen MR) is 113 cm³/mol. The van der Waals surface area contributed by atoms with Gasteiger partial charge in [-0.05, 0) is 31.2 Å². The average molecular weight is 407 g/mol. The van der Waals surface area contributed by atoms with Gasteiger partial charge in [-0.2, -0.15) is 0 Å². The molecule has 2 N–H and O–H groups in total. The summed E-state index contributed by atoms with van der Waals surface area (Å²) in [7, 11) is 1.57.